The van der Waals surface area contributed by atoms with Gasteiger partial charge < -0.3 is 14.9 Å². The highest BCUT2D eigenvalue weighted by Crippen LogP contribution is 2.25. The maximum atomic E-state index is 11.1. The number of carbonyl (C=O) groups excluding carboxylic acids is 1. The van der Waals surface area contributed by atoms with Crippen molar-refractivity contribution in [3.05, 3.63) is 12.2 Å². The maximum Gasteiger partial charge on any atom is 0.333 e. The summed E-state index contributed by atoms with van der Waals surface area (Å²) in [7, 11) is 0. The SMILES string of the molecule is C=C(C)C(=O)OCC(C)C(O)C(C)(C)CO. The number of hydrogen-bond acceptors (Lipinski definition) is 4. The molecule has 0 aliphatic carbocycles. The Bertz CT molecular complexity index is 258. The van der Waals surface area contributed by atoms with E-state index in [-0.39, 0.29) is 19.1 Å². The van der Waals surface area contributed by atoms with Crippen LogP contribution in [0.1, 0.15) is 27.7 Å². The third kappa shape index (κ3) is 4.33. The summed E-state index contributed by atoms with van der Waals surface area (Å²) in [4.78, 5) is 11.1. The second kappa shape index (κ2) is 6.01. The van der Waals surface area contributed by atoms with Crippen LogP contribution in [0.2, 0.25) is 0 Å². The molecule has 94 valence electrons. The summed E-state index contributed by atoms with van der Waals surface area (Å²) in [5.74, 6) is -0.689. The zero-order valence-electron chi connectivity index (χ0n) is 10.5. The van der Waals surface area contributed by atoms with Crippen molar-refractivity contribution >= 4 is 5.97 Å². The third-order valence-electron chi connectivity index (χ3n) is 2.57. The van der Waals surface area contributed by atoms with Gasteiger partial charge in [0.05, 0.1) is 19.3 Å². The minimum atomic E-state index is -0.726. The Morgan fingerprint density at radius 2 is 2.00 bits per heavy atom. The van der Waals surface area contributed by atoms with Gasteiger partial charge in [0.15, 0.2) is 0 Å². The molecule has 0 aromatic rings. The molecule has 0 radical (unpaired) electrons. The van der Waals surface area contributed by atoms with Crippen LogP contribution in [0, 0.1) is 11.3 Å². The summed E-state index contributed by atoms with van der Waals surface area (Å²) in [6.45, 7) is 10.3. The van der Waals surface area contributed by atoms with Crippen LogP contribution in [0.3, 0.4) is 0 Å². The average molecular weight is 230 g/mol. The van der Waals surface area contributed by atoms with Gasteiger partial charge >= 0.3 is 5.97 Å². The topological polar surface area (TPSA) is 66.8 Å². The number of carbonyl (C=O) groups is 1. The van der Waals surface area contributed by atoms with E-state index in [4.69, 9.17) is 9.84 Å². The number of aliphatic hydroxyl groups is 2. The zero-order chi connectivity index (χ0) is 12.9. The van der Waals surface area contributed by atoms with E-state index in [0.717, 1.165) is 0 Å². The molecule has 0 heterocycles. The average Bonchev–Trinajstić information content (AvgIpc) is 2.23. The van der Waals surface area contributed by atoms with E-state index in [9.17, 15) is 9.90 Å². The molecule has 2 atom stereocenters. The Morgan fingerprint density at radius 3 is 2.38 bits per heavy atom. The molecule has 0 fully saturated rings. The lowest BCUT2D eigenvalue weighted by molar-refractivity contribution is -0.142. The van der Waals surface area contributed by atoms with Gasteiger partial charge in [0.25, 0.3) is 0 Å². The van der Waals surface area contributed by atoms with Crippen LogP contribution >= 0.6 is 0 Å². The molecule has 4 heteroatoms. The summed E-state index contributed by atoms with van der Waals surface area (Å²) >= 11 is 0. The summed E-state index contributed by atoms with van der Waals surface area (Å²) in [6, 6.07) is 0. The Balaban J connectivity index is 4.21. The van der Waals surface area contributed by atoms with E-state index in [1.807, 2.05) is 0 Å². The van der Waals surface area contributed by atoms with Crippen molar-refractivity contribution in [2.24, 2.45) is 11.3 Å². The molecule has 0 rings (SSSR count). The second-order valence-corrected chi connectivity index (χ2v) is 4.95. The minimum Gasteiger partial charge on any atom is -0.462 e. The fraction of sp³-hybridized carbons (Fsp3) is 0.750. The van der Waals surface area contributed by atoms with Crippen molar-refractivity contribution in [2.75, 3.05) is 13.2 Å². The van der Waals surface area contributed by atoms with Crippen LogP contribution in [-0.2, 0) is 9.53 Å². The predicted molar refractivity (Wildman–Crippen MR) is 61.8 cm³/mol. The van der Waals surface area contributed by atoms with Gasteiger partial charge in [-0.25, -0.2) is 4.79 Å². The highest BCUT2D eigenvalue weighted by molar-refractivity contribution is 5.86. The summed E-state index contributed by atoms with van der Waals surface area (Å²) in [5, 5.41) is 19.0. The predicted octanol–water partition coefficient (Wildman–Crippen LogP) is 1.12. The highest BCUT2D eigenvalue weighted by Gasteiger charge is 2.32. The first-order valence-corrected chi connectivity index (χ1v) is 5.34. The molecule has 0 saturated carbocycles. The Hall–Kier alpha value is -0.870. The van der Waals surface area contributed by atoms with Gasteiger partial charge in [-0.1, -0.05) is 27.4 Å². The van der Waals surface area contributed by atoms with E-state index in [1.54, 1.807) is 27.7 Å². The number of hydrogen-bond donors (Lipinski definition) is 2. The molecule has 16 heavy (non-hydrogen) atoms. The Morgan fingerprint density at radius 1 is 1.50 bits per heavy atom. The molecule has 0 aliphatic heterocycles. The summed E-state index contributed by atoms with van der Waals surface area (Å²) in [5.41, 5.74) is -0.266. The molecule has 0 aromatic heterocycles. The Labute approximate surface area is 96.9 Å². The summed E-state index contributed by atoms with van der Waals surface area (Å²) in [6.07, 6.45) is -0.726. The Kier molecular flexibility index (Phi) is 5.68. The lowest BCUT2D eigenvalue weighted by atomic mass is 9.81. The standard InChI is InChI=1S/C12H22O4/c1-8(2)11(15)16-6-9(3)10(14)12(4,5)7-13/h9-10,13-14H,1,6-7H2,2-5H3. The van der Waals surface area contributed by atoms with Gasteiger partial charge in [-0.3, -0.25) is 0 Å². The lowest BCUT2D eigenvalue weighted by Gasteiger charge is -2.32. The van der Waals surface area contributed by atoms with Gasteiger partial charge in [-0.2, -0.15) is 0 Å². The maximum absolute atomic E-state index is 11.1. The first kappa shape index (κ1) is 15.1. The van der Waals surface area contributed by atoms with Crippen LogP contribution in [-0.4, -0.2) is 35.5 Å². The van der Waals surface area contributed by atoms with Crippen LogP contribution in [0.25, 0.3) is 0 Å². The minimum absolute atomic E-state index is 0.118. The molecule has 0 spiro atoms. The van der Waals surface area contributed by atoms with Crippen LogP contribution in [0.15, 0.2) is 12.2 Å². The van der Waals surface area contributed by atoms with Crippen molar-refractivity contribution in [3.8, 4) is 0 Å². The largest absolute Gasteiger partial charge is 0.462 e. The molecule has 0 aliphatic rings. The van der Waals surface area contributed by atoms with Crippen molar-refractivity contribution in [3.63, 3.8) is 0 Å². The van der Waals surface area contributed by atoms with Crippen LogP contribution in [0.4, 0.5) is 0 Å². The molecular weight excluding hydrogens is 208 g/mol. The highest BCUT2D eigenvalue weighted by atomic mass is 16.5. The number of ether oxygens (including phenoxy) is 1. The van der Waals surface area contributed by atoms with Crippen molar-refractivity contribution in [2.45, 2.75) is 33.8 Å². The molecule has 2 unspecified atom stereocenters. The normalized spacial score (nSPS) is 15.4. The van der Waals surface area contributed by atoms with E-state index in [1.165, 1.54) is 0 Å². The smallest absolute Gasteiger partial charge is 0.333 e. The van der Waals surface area contributed by atoms with E-state index >= 15 is 0 Å². The number of aliphatic hydroxyl groups excluding tert-OH is 2. The quantitative estimate of drug-likeness (QED) is 0.530. The van der Waals surface area contributed by atoms with Crippen molar-refractivity contribution in [1.82, 2.24) is 0 Å². The third-order valence-corrected chi connectivity index (χ3v) is 2.57. The van der Waals surface area contributed by atoms with Gasteiger partial charge in [0.1, 0.15) is 0 Å². The van der Waals surface area contributed by atoms with Crippen molar-refractivity contribution < 1.29 is 19.7 Å². The van der Waals surface area contributed by atoms with Crippen LogP contribution in [0.5, 0.6) is 0 Å². The van der Waals surface area contributed by atoms with E-state index < -0.39 is 17.5 Å². The monoisotopic (exact) mass is 230 g/mol. The molecule has 0 bridgehead atoms. The molecule has 0 amide bonds. The fourth-order valence-electron chi connectivity index (χ4n) is 1.29. The lowest BCUT2D eigenvalue weighted by Crippen LogP contribution is -2.39. The number of rotatable bonds is 6. The number of esters is 1. The zero-order valence-corrected chi connectivity index (χ0v) is 10.5. The van der Waals surface area contributed by atoms with Gasteiger partial charge in [-0.05, 0) is 6.92 Å². The van der Waals surface area contributed by atoms with Gasteiger partial charge in [-0.15, -0.1) is 0 Å². The first-order chi connectivity index (χ1) is 7.22. The first-order valence-electron chi connectivity index (χ1n) is 5.34. The summed E-state index contributed by atoms with van der Waals surface area (Å²) < 4.78 is 4.95. The second-order valence-electron chi connectivity index (χ2n) is 4.95. The van der Waals surface area contributed by atoms with Gasteiger partial charge in [0.2, 0.25) is 0 Å². The van der Waals surface area contributed by atoms with E-state index in [2.05, 4.69) is 6.58 Å². The molecule has 4 nitrogen and oxygen atoms in total. The van der Waals surface area contributed by atoms with Crippen molar-refractivity contribution in [1.29, 1.82) is 0 Å². The molecule has 0 saturated heterocycles. The van der Waals surface area contributed by atoms with Gasteiger partial charge in [0, 0.05) is 16.9 Å². The fourth-order valence-corrected chi connectivity index (χ4v) is 1.29. The molecule has 0 aromatic carbocycles. The molecular formula is C12H22O4. The molecule has 2 N–H and O–H groups in total. The van der Waals surface area contributed by atoms with E-state index in [0.29, 0.717) is 5.57 Å². The van der Waals surface area contributed by atoms with Crippen LogP contribution < -0.4 is 0 Å².